The molecular formula is C18H13FN6O. The molecule has 0 spiro atoms. The van der Waals surface area contributed by atoms with Crippen LogP contribution in [0.4, 0.5) is 4.39 Å². The van der Waals surface area contributed by atoms with Crippen molar-refractivity contribution >= 4 is 0 Å². The van der Waals surface area contributed by atoms with Crippen molar-refractivity contribution in [2.75, 3.05) is 0 Å². The fourth-order valence-corrected chi connectivity index (χ4v) is 2.50. The number of hydrogen-bond acceptors (Lipinski definition) is 5. The van der Waals surface area contributed by atoms with Gasteiger partial charge in [-0.05, 0) is 23.8 Å². The van der Waals surface area contributed by atoms with Crippen LogP contribution in [0.25, 0.3) is 34.0 Å². The normalized spacial score (nSPS) is 10.8. The fourth-order valence-electron chi connectivity index (χ4n) is 2.50. The van der Waals surface area contributed by atoms with Gasteiger partial charge in [0.1, 0.15) is 6.67 Å². The number of nitrogens with zero attached hydrogens (tertiary/aromatic N) is 4. The van der Waals surface area contributed by atoms with Gasteiger partial charge in [-0.15, -0.1) is 0 Å². The van der Waals surface area contributed by atoms with Crippen LogP contribution in [-0.4, -0.2) is 30.1 Å². The Hall–Kier alpha value is -3.68. The maximum Gasteiger partial charge on any atom is 0.344 e. The van der Waals surface area contributed by atoms with Gasteiger partial charge >= 0.3 is 5.69 Å². The summed E-state index contributed by atoms with van der Waals surface area (Å²) in [6.07, 6.45) is 4.66. The van der Waals surface area contributed by atoms with E-state index in [4.69, 9.17) is 0 Å². The molecule has 0 saturated carbocycles. The third-order valence-corrected chi connectivity index (χ3v) is 3.83. The second-order valence-corrected chi connectivity index (χ2v) is 5.58. The molecule has 0 unspecified atom stereocenters. The first-order valence-corrected chi connectivity index (χ1v) is 7.82. The van der Waals surface area contributed by atoms with Crippen LogP contribution in [0.2, 0.25) is 0 Å². The van der Waals surface area contributed by atoms with Gasteiger partial charge in [0.05, 0.1) is 5.69 Å². The highest BCUT2D eigenvalue weighted by Crippen LogP contribution is 2.22. The van der Waals surface area contributed by atoms with E-state index in [0.717, 1.165) is 11.1 Å². The smallest absolute Gasteiger partial charge is 0.312 e. The topological polar surface area (TPSA) is 100 Å². The molecular weight excluding hydrogens is 335 g/mol. The van der Waals surface area contributed by atoms with E-state index in [1.807, 2.05) is 12.1 Å². The molecule has 0 bridgehead atoms. The Morgan fingerprint density at radius 2 is 1.88 bits per heavy atom. The summed E-state index contributed by atoms with van der Waals surface area (Å²) in [5, 5.41) is 7.07. The molecule has 0 radical (unpaired) electrons. The van der Waals surface area contributed by atoms with E-state index in [0.29, 0.717) is 28.5 Å². The molecule has 2 N–H and O–H groups in total. The van der Waals surface area contributed by atoms with Gasteiger partial charge in [-0.2, -0.15) is 5.10 Å². The van der Waals surface area contributed by atoms with E-state index in [9.17, 15) is 9.18 Å². The zero-order chi connectivity index (χ0) is 17.9. The van der Waals surface area contributed by atoms with Crippen molar-refractivity contribution in [2.45, 2.75) is 6.67 Å². The number of pyridine rings is 1. The lowest BCUT2D eigenvalue weighted by Crippen LogP contribution is -2.08. The third-order valence-electron chi connectivity index (χ3n) is 3.83. The number of rotatable bonds is 4. The monoisotopic (exact) mass is 348 g/mol. The maximum absolute atomic E-state index is 12.8. The summed E-state index contributed by atoms with van der Waals surface area (Å²) in [5.41, 5.74) is 3.05. The Balaban J connectivity index is 1.61. The van der Waals surface area contributed by atoms with E-state index in [1.54, 1.807) is 36.7 Å². The van der Waals surface area contributed by atoms with Crippen LogP contribution in [0.5, 0.6) is 0 Å². The van der Waals surface area contributed by atoms with Gasteiger partial charge in [-0.25, -0.2) is 19.2 Å². The molecule has 0 atom stereocenters. The van der Waals surface area contributed by atoms with Gasteiger partial charge in [0.2, 0.25) is 0 Å². The first kappa shape index (κ1) is 15.8. The number of H-pyrrole nitrogens is 2. The predicted molar refractivity (Wildman–Crippen MR) is 93.7 cm³/mol. The Labute approximate surface area is 147 Å². The standard InChI is InChI=1S/C18H13FN6O/c19-7-11-2-1-3-12(6-11)16-23-17(25-24-16)13-4-5-15(20-8-13)14-9-21-18(26)22-10-14/h1-6,8-10H,7H2,(H,21,22,26)(H,23,24,25). The second kappa shape index (κ2) is 6.67. The van der Waals surface area contributed by atoms with E-state index < -0.39 is 12.4 Å². The van der Waals surface area contributed by atoms with Crippen LogP contribution in [-0.2, 0) is 6.67 Å². The highest BCUT2D eigenvalue weighted by molar-refractivity contribution is 5.64. The van der Waals surface area contributed by atoms with Crippen LogP contribution in [0.3, 0.4) is 0 Å². The molecule has 8 heteroatoms. The second-order valence-electron chi connectivity index (χ2n) is 5.58. The van der Waals surface area contributed by atoms with E-state index in [2.05, 4.69) is 30.1 Å². The number of aromatic nitrogens is 6. The number of hydrogen-bond donors (Lipinski definition) is 2. The van der Waals surface area contributed by atoms with E-state index in [1.165, 1.54) is 6.20 Å². The lowest BCUT2D eigenvalue weighted by molar-refractivity contribution is 0.485. The molecule has 0 aliphatic carbocycles. The minimum atomic E-state index is -0.528. The van der Waals surface area contributed by atoms with Crippen molar-refractivity contribution < 1.29 is 4.39 Å². The predicted octanol–water partition coefficient (Wildman–Crippen LogP) is 2.75. The van der Waals surface area contributed by atoms with Crippen molar-refractivity contribution in [3.8, 4) is 34.0 Å². The van der Waals surface area contributed by atoms with Crippen LogP contribution in [0, 0.1) is 0 Å². The average molecular weight is 348 g/mol. The quantitative estimate of drug-likeness (QED) is 0.591. The van der Waals surface area contributed by atoms with Crippen molar-refractivity contribution in [2.24, 2.45) is 0 Å². The molecule has 4 aromatic rings. The summed E-state index contributed by atoms with van der Waals surface area (Å²) in [6.45, 7) is -0.528. The van der Waals surface area contributed by atoms with E-state index >= 15 is 0 Å². The molecule has 26 heavy (non-hydrogen) atoms. The number of aromatic amines is 2. The molecule has 0 amide bonds. The van der Waals surface area contributed by atoms with Gasteiger partial charge in [0, 0.05) is 35.3 Å². The summed E-state index contributed by atoms with van der Waals surface area (Å²) >= 11 is 0. The zero-order valence-electron chi connectivity index (χ0n) is 13.5. The molecule has 4 rings (SSSR count). The summed E-state index contributed by atoms with van der Waals surface area (Å²) in [6, 6.07) is 10.7. The molecule has 0 aliphatic rings. The number of halogens is 1. The minimum absolute atomic E-state index is 0.407. The summed E-state index contributed by atoms with van der Waals surface area (Å²) < 4.78 is 12.8. The summed E-state index contributed by atoms with van der Waals surface area (Å²) in [4.78, 5) is 26.0. The van der Waals surface area contributed by atoms with Crippen molar-refractivity contribution in [3.05, 3.63) is 71.0 Å². The average Bonchev–Trinajstić information content (AvgIpc) is 3.19. The van der Waals surface area contributed by atoms with Crippen LogP contribution in [0.1, 0.15) is 5.56 Å². The minimum Gasteiger partial charge on any atom is -0.312 e. The molecule has 0 aliphatic heterocycles. The maximum atomic E-state index is 12.8. The van der Waals surface area contributed by atoms with Gasteiger partial charge in [0.15, 0.2) is 11.6 Å². The van der Waals surface area contributed by atoms with E-state index in [-0.39, 0.29) is 0 Å². The summed E-state index contributed by atoms with van der Waals surface area (Å²) in [7, 11) is 0. The van der Waals surface area contributed by atoms with Crippen molar-refractivity contribution in [1.29, 1.82) is 0 Å². The van der Waals surface area contributed by atoms with Crippen LogP contribution in [0.15, 0.2) is 59.8 Å². The summed E-state index contributed by atoms with van der Waals surface area (Å²) in [5.74, 6) is 1.05. The van der Waals surface area contributed by atoms with Gasteiger partial charge in [-0.3, -0.25) is 10.1 Å². The molecule has 0 fully saturated rings. The molecule has 3 heterocycles. The highest BCUT2D eigenvalue weighted by Gasteiger charge is 2.09. The molecule has 7 nitrogen and oxygen atoms in total. The first-order chi connectivity index (χ1) is 12.7. The zero-order valence-corrected chi connectivity index (χ0v) is 13.5. The third kappa shape index (κ3) is 3.12. The van der Waals surface area contributed by atoms with Gasteiger partial charge in [0.25, 0.3) is 0 Å². The fraction of sp³-hybridized carbons (Fsp3) is 0.0556. The van der Waals surface area contributed by atoms with Crippen molar-refractivity contribution in [1.82, 2.24) is 30.1 Å². The first-order valence-electron chi connectivity index (χ1n) is 7.82. The SMILES string of the molecule is O=c1ncc(-c2ccc(-c3n[nH]c(-c4cccc(CF)c4)n3)cn2)c[nH]1. The highest BCUT2D eigenvalue weighted by atomic mass is 19.1. The van der Waals surface area contributed by atoms with Crippen molar-refractivity contribution in [3.63, 3.8) is 0 Å². The number of benzene rings is 1. The Bertz CT molecular complexity index is 1080. The molecule has 3 aromatic heterocycles. The van der Waals surface area contributed by atoms with Crippen LogP contribution >= 0.6 is 0 Å². The molecule has 0 saturated heterocycles. The Kier molecular flexibility index (Phi) is 4.06. The molecule has 128 valence electrons. The lowest BCUT2D eigenvalue weighted by atomic mass is 10.1. The van der Waals surface area contributed by atoms with Gasteiger partial charge in [-0.1, -0.05) is 18.2 Å². The molecule has 1 aromatic carbocycles. The number of nitrogens with one attached hydrogen (secondary N) is 2. The largest absolute Gasteiger partial charge is 0.344 e. The number of alkyl halides is 1. The van der Waals surface area contributed by atoms with Crippen LogP contribution < -0.4 is 5.69 Å². The Morgan fingerprint density at radius 3 is 2.62 bits per heavy atom. The Morgan fingerprint density at radius 1 is 1.00 bits per heavy atom. The van der Waals surface area contributed by atoms with Gasteiger partial charge < -0.3 is 4.98 Å². The lowest BCUT2D eigenvalue weighted by Gasteiger charge is -2.00.